The van der Waals surface area contributed by atoms with Crippen molar-refractivity contribution >= 4 is 35.7 Å². The van der Waals surface area contributed by atoms with Crippen LogP contribution in [0.4, 0.5) is 0 Å². The molecule has 0 bridgehead atoms. The van der Waals surface area contributed by atoms with Gasteiger partial charge < -0.3 is 18.1 Å². The smallest absolute Gasteiger partial charge is 0.350 e. The molecule has 0 heterocycles. The summed E-state index contributed by atoms with van der Waals surface area (Å²) in [6.45, 7) is 4.26. The second-order valence-corrected chi connectivity index (χ2v) is 5.15. The van der Waals surface area contributed by atoms with Crippen LogP contribution in [0.3, 0.4) is 0 Å². The van der Waals surface area contributed by atoms with Crippen molar-refractivity contribution in [3.63, 3.8) is 0 Å². The predicted octanol–water partition coefficient (Wildman–Crippen LogP) is 3.00. The zero-order valence-corrected chi connectivity index (χ0v) is 13.9. The number of halogens is 2. The summed E-state index contributed by atoms with van der Waals surface area (Å²) in [4.78, 5) is 21.9. The molecule has 124 valence electrons. The van der Waals surface area contributed by atoms with E-state index in [9.17, 15) is 9.59 Å². The highest BCUT2D eigenvalue weighted by Crippen LogP contribution is 2.30. The molecule has 0 atom stereocenters. The molecule has 0 radical (unpaired) electrons. The Morgan fingerprint density at radius 2 is 1.43 bits per heavy atom. The first-order chi connectivity index (χ1) is 10.0. The molecule has 0 aromatic rings. The fraction of sp³-hybridized carbons (Fsp3) is 0.846. The summed E-state index contributed by atoms with van der Waals surface area (Å²) in [5, 5.41) is 0. The lowest BCUT2D eigenvalue weighted by molar-refractivity contribution is -0.143. The van der Waals surface area contributed by atoms with E-state index in [0.717, 1.165) is 25.7 Å². The van der Waals surface area contributed by atoms with Crippen molar-refractivity contribution in [2.24, 2.45) is 5.41 Å². The van der Waals surface area contributed by atoms with E-state index in [1.165, 1.54) is 0 Å². The van der Waals surface area contributed by atoms with Gasteiger partial charge >= 0.3 is 11.9 Å². The maximum atomic E-state index is 11.0. The number of unbranched alkanes of at least 4 members (excludes halogenated alkanes) is 1. The van der Waals surface area contributed by atoms with Crippen molar-refractivity contribution in [2.45, 2.75) is 39.5 Å². The zero-order chi connectivity index (χ0) is 16.1. The summed E-state index contributed by atoms with van der Waals surface area (Å²) in [7, 11) is 0. The number of hydrogen-bond donors (Lipinski definition) is 0. The lowest BCUT2D eigenvalue weighted by Gasteiger charge is -2.32. The van der Waals surface area contributed by atoms with Crippen molar-refractivity contribution in [3.05, 3.63) is 0 Å². The standard InChI is InChI=1S/C13H22Cl2O6/c1-3-5-6-13(4-2,9-18-7-11(16)20-14)10-19-8-12(17)21-15/h3-10H2,1-2H3. The highest BCUT2D eigenvalue weighted by atomic mass is 35.5. The molecule has 8 heteroatoms. The Bertz CT molecular complexity index is 289. The van der Waals surface area contributed by atoms with E-state index in [0.29, 0.717) is 13.2 Å². The average Bonchev–Trinajstić information content (AvgIpc) is 2.51. The molecule has 0 aromatic heterocycles. The third-order valence-electron chi connectivity index (χ3n) is 3.24. The first-order valence-electron chi connectivity index (χ1n) is 6.82. The van der Waals surface area contributed by atoms with Gasteiger partial charge in [-0.2, -0.15) is 0 Å². The fourth-order valence-corrected chi connectivity index (χ4v) is 1.95. The van der Waals surface area contributed by atoms with Gasteiger partial charge in [0.2, 0.25) is 0 Å². The largest absolute Gasteiger partial charge is 0.369 e. The zero-order valence-electron chi connectivity index (χ0n) is 12.4. The van der Waals surface area contributed by atoms with Crippen LogP contribution in [0.5, 0.6) is 0 Å². The third kappa shape index (κ3) is 9.14. The van der Waals surface area contributed by atoms with Gasteiger partial charge in [0.15, 0.2) is 0 Å². The highest BCUT2D eigenvalue weighted by molar-refractivity contribution is 6.13. The molecule has 0 rings (SSSR count). The molecule has 6 nitrogen and oxygen atoms in total. The van der Waals surface area contributed by atoms with E-state index < -0.39 is 11.9 Å². The molecule has 0 aliphatic rings. The van der Waals surface area contributed by atoms with Crippen molar-refractivity contribution in [3.8, 4) is 0 Å². The van der Waals surface area contributed by atoms with E-state index in [2.05, 4.69) is 15.5 Å². The molecule has 0 spiro atoms. The Morgan fingerprint density at radius 1 is 0.952 bits per heavy atom. The molecular formula is C13H22Cl2O6. The van der Waals surface area contributed by atoms with E-state index in [-0.39, 0.29) is 18.6 Å². The molecular weight excluding hydrogens is 323 g/mol. The van der Waals surface area contributed by atoms with Gasteiger partial charge in [-0.1, -0.05) is 26.7 Å². The normalized spacial score (nSPS) is 11.2. The summed E-state index contributed by atoms with van der Waals surface area (Å²) < 4.78 is 18.7. The van der Waals surface area contributed by atoms with E-state index in [4.69, 9.17) is 33.2 Å². The first kappa shape index (κ1) is 20.4. The van der Waals surface area contributed by atoms with Gasteiger partial charge in [-0.05, 0) is 12.8 Å². The second-order valence-electron chi connectivity index (χ2n) is 4.84. The van der Waals surface area contributed by atoms with Gasteiger partial charge in [0.25, 0.3) is 0 Å². The second kappa shape index (κ2) is 12.0. The van der Waals surface area contributed by atoms with Crippen LogP contribution in [0.25, 0.3) is 0 Å². The summed E-state index contributed by atoms with van der Waals surface area (Å²) in [6, 6.07) is 0. The minimum Gasteiger partial charge on any atom is -0.369 e. The molecule has 0 fully saturated rings. The van der Waals surface area contributed by atoms with Crippen LogP contribution in [0.2, 0.25) is 0 Å². The minimum atomic E-state index is -0.649. The number of carbonyl (C=O) groups excluding carboxylic acids is 2. The van der Waals surface area contributed by atoms with Crippen LogP contribution in [0.15, 0.2) is 0 Å². The van der Waals surface area contributed by atoms with Crippen LogP contribution in [-0.4, -0.2) is 38.4 Å². The van der Waals surface area contributed by atoms with E-state index in [1.54, 1.807) is 0 Å². The summed E-state index contributed by atoms with van der Waals surface area (Å²) >= 11 is 9.87. The number of ether oxygens (including phenoxy) is 2. The third-order valence-corrected chi connectivity index (χ3v) is 3.58. The highest BCUT2D eigenvalue weighted by Gasteiger charge is 2.29. The molecule has 0 amide bonds. The molecule has 0 aromatic carbocycles. The van der Waals surface area contributed by atoms with Gasteiger partial charge in [-0.15, -0.1) is 0 Å². The van der Waals surface area contributed by atoms with Crippen LogP contribution < -0.4 is 0 Å². The Labute approximate surface area is 135 Å². The van der Waals surface area contributed by atoms with Crippen LogP contribution in [0.1, 0.15) is 39.5 Å². The first-order valence-corrected chi connectivity index (χ1v) is 7.43. The molecule has 21 heavy (non-hydrogen) atoms. The number of hydrogen-bond acceptors (Lipinski definition) is 6. The molecule has 0 aliphatic carbocycles. The average molecular weight is 345 g/mol. The van der Waals surface area contributed by atoms with E-state index in [1.807, 2.05) is 6.92 Å². The minimum absolute atomic E-state index is 0.221. The maximum absolute atomic E-state index is 11.0. The van der Waals surface area contributed by atoms with Crippen LogP contribution >= 0.6 is 23.7 Å². The Kier molecular flexibility index (Phi) is 11.7. The molecule has 0 unspecified atom stereocenters. The van der Waals surface area contributed by atoms with Gasteiger partial charge in [0, 0.05) is 5.41 Å². The number of rotatable bonds is 12. The monoisotopic (exact) mass is 344 g/mol. The van der Waals surface area contributed by atoms with Gasteiger partial charge in [-0.25, -0.2) is 9.59 Å². The van der Waals surface area contributed by atoms with Gasteiger partial charge in [0.1, 0.15) is 36.9 Å². The van der Waals surface area contributed by atoms with E-state index >= 15 is 0 Å². The van der Waals surface area contributed by atoms with Crippen LogP contribution in [-0.2, 0) is 27.6 Å². The van der Waals surface area contributed by atoms with Crippen molar-refractivity contribution in [1.29, 1.82) is 0 Å². The predicted molar refractivity (Wildman–Crippen MR) is 77.8 cm³/mol. The molecule has 0 saturated carbocycles. The summed E-state index contributed by atoms with van der Waals surface area (Å²) in [5.74, 6) is -1.30. The van der Waals surface area contributed by atoms with Crippen molar-refractivity contribution < 1.29 is 27.6 Å². The molecule has 0 N–H and O–H groups in total. The van der Waals surface area contributed by atoms with Gasteiger partial charge in [-0.3, -0.25) is 0 Å². The molecule has 0 aliphatic heterocycles. The topological polar surface area (TPSA) is 71.1 Å². The molecule has 0 saturated heterocycles. The van der Waals surface area contributed by atoms with Crippen LogP contribution in [0, 0.1) is 5.41 Å². The lowest BCUT2D eigenvalue weighted by Crippen LogP contribution is -2.33. The lowest BCUT2D eigenvalue weighted by atomic mass is 9.82. The maximum Gasteiger partial charge on any atom is 0.350 e. The quantitative estimate of drug-likeness (QED) is 0.541. The Hall–Kier alpha value is -0.560. The Morgan fingerprint density at radius 3 is 1.76 bits per heavy atom. The van der Waals surface area contributed by atoms with Gasteiger partial charge in [0.05, 0.1) is 13.2 Å². The summed E-state index contributed by atoms with van der Waals surface area (Å²) in [5.41, 5.74) is -0.283. The van der Waals surface area contributed by atoms with Crippen molar-refractivity contribution in [1.82, 2.24) is 0 Å². The Balaban J connectivity index is 4.43. The SMILES string of the molecule is CCCCC(CC)(COCC(=O)OCl)COCC(=O)OCl. The number of carbonyl (C=O) groups is 2. The fourth-order valence-electron chi connectivity index (χ4n) is 1.86. The van der Waals surface area contributed by atoms with Crippen molar-refractivity contribution in [2.75, 3.05) is 26.4 Å². The summed E-state index contributed by atoms with van der Waals surface area (Å²) in [6.07, 6.45) is 3.64.